The molecular weight excluding hydrogens is 318 g/mol. The summed E-state index contributed by atoms with van der Waals surface area (Å²) in [6, 6.07) is 16.0. The zero-order chi connectivity index (χ0) is 16.4. The zero-order valence-corrected chi connectivity index (χ0v) is 14.2. The fourth-order valence-corrected chi connectivity index (χ4v) is 4.41. The van der Waals surface area contributed by atoms with Crippen molar-refractivity contribution < 1.29 is 9.21 Å². The van der Waals surface area contributed by atoms with Gasteiger partial charge in [-0.2, -0.15) is 0 Å². The molecule has 0 unspecified atom stereocenters. The van der Waals surface area contributed by atoms with Crippen LogP contribution < -0.4 is 0 Å². The minimum absolute atomic E-state index is 0.0923. The molecule has 1 amide bonds. The molecule has 0 saturated carbocycles. The number of carbonyl (C=O) groups excluding carboxylic acids is 1. The Bertz CT molecular complexity index is 799. The van der Waals surface area contributed by atoms with E-state index in [1.807, 2.05) is 35.2 Å². The molecule has 4 heteroatoms. The van der Waals surface area contributed by atoms with Crippen LogP contribution in [0.5, 0.6) is 0 Å². The summed E-state index contributed by atoms with van der Waals surface area (Å²) in [7, 11) is 0. The highest BCUT2D eigenvalue weighted by molar-refractivity contribution is 7.14. The molecule has 1 aromatic carbocycles. The van der Waals surface area contributed by atoms with E-state index in [1.165, 1.54) is 16.9 Å². The first-order valence-corrected chi connectivity index (χ1v) is 9.08. The standard InChI is InChI=1S/C20H19NO2S/c22-20(19-12-16-8-4-10-18(16)24-19)21(14-17-9-5-11-23-17)13-15-6-2-1-3-7-15/h1-3,5-7,9,11-12H,4,8,10,13-14H2. The molecule has 3 aromatic rings. The van der Waals surface area contributed by atoms with Crippen molar-refractivity contribution in [3.8, 4) is 0 Å². The third-order valence-electron chi connectivity index (χ3n) is 4.39. The number of rotatable bonds is 5. The molecule has 2 heterocycles. The van der Waals surface area contributed by atoms with E-state index < -0.39 is 0 Å². The van der Waals surface area contributed by atoms with Crippen LogP contribution in [0.15, 0.2) is 59.2 Å². The Kier molecular flexibility index (Phi) is 4.22. The van der Waals surface area contributed by atoms with Gasteiger partial charge >= 0.3 is 0 Å². The Morgan fingerprint density at radius 1 is 1.08 bits per heavy atom. The number of aryl methyl sites for hydroxylation is 2. The van der Waals surface area contributed by atoms with Gasteiger partial charge in [0.2, 0.25) is 0 Å². The predicted molar refractivity (Wildman–Crippen MR) is 95.1 cm³/mol. The number of benzene rings is 1. The third kappa shape index (κ3) is 3.15. The van der Waals surface area contributed by atoms with Crippen LogP contribution in [0.2, 0.25) is 0 Å². The van der Waals surface area contributed by atoms with Crippen molar-refractivity contribution in [2.75, 3.05) is 0 Å². The van der Waals surface area contributed by atoms with Crippen LogP contribution in [0, 0.1) is 0 Å². The number of fused-ring (bicyclic) bond motifs is 1. The summed E-state index contributed by atoms with van der Waals surface area (Å²) < 4.78 is 5.46. The van der Waals surface area contributed by atoms with Crippen LogP contribution in [-0.4, -0.2) is 10.8 Å². The number of amides is 1. The highest BCUT2D eigenvalue weighted by Crippen LogP contribution is 2.31. The summed E-state index contributed by atoms with van der Waals surface area (Å²) in [5.41, 5.74) is 2.49. The Balaban J connectivity index is 1.59. The predicted octanol–water partition coefficient (Wildman–Crippen LogP) is 4.67. The number of hydrogen-bond donors (Lipinski definition) is 0. The molecule has 1 aliphatic carbocycles. The van der Waals surface area contributed by atoms with E-state index in [0.717, 1.165) is 29.0 Å². The number of hydrogen-bond acceptors (Lipinski definition) is 3. The van der Waals surface area contributed by atoms with Crippen molar-refractivity contribution in [3.63, 3.8) is 0 Å². The van der Waals surface area contributed by atoms with Crippen molar-refractivity contribution in [2.24, 2.45) is 0 Å². The van der Waals surface area contributed by atoms with Gasteiger partial charge < -0.3 is 9.32 Å². The van der Waals surface area contributed by atoms with Gasteiger partial charge in [0.05, 0.1) is 17.7 Å². The number of nitrogens with zero attached hydrogens (tertiary/aromatic N) is 1. The average molecular weight is 337 g/mol. The number of furan rings is 1. The summed E-state index contributed by atoms with van der Waals surface area (Å²) in [5, 5.41) is 0. The minimum Gasteiger partial charge on any atom is -0.467 e. The van der Waals surface area contributed by atoms with Crippen LogP contribution in [0.1, 0.15) is 37.9 Å². The lowest BCUT2D eigenvalue weighted by atomic mass is 10.2. The Labute approximate surface area is 145 Å². The zero-order valence-electron chi connectivity index (χ0n) is 13.4. The summed E-state index contributed by atoms with van der Waals surface area (Å²) in [5.74, 6) is 0.901. The van der Waals surface area contributed by atoms with Crippen LogP contribution in [-0.2, 0) is 25.9 Å². The first-order chi connectivity index (χ1) is 11.8. The fourth-order valence-electron chi connectivity index (χ4n) is 3.18. The maximum absolute atomic E-state index is 13.1. The Morgan fingerprint density at radius 3 is 2.71 bits per heavy atom. The first-order valence-electron chi connectivity index (χ1n) is 8.27. The van der Waals surface area contributed by atoms with Crippen LogP contribution in [0.4, 0.5) is 0 Å². The van der Waals surface area contributed by atoms with Crippen LogP contribution >= 0.6 is 11.3 Å². The summed E-state index contributed by atoms with van der Waals surface area (Å²) >= 11 is 1.66. The second-order valence-electron chi connectivity index (χ2n) is 6.14. The van der Waals surface area contributed by atoms with Gasteiger partial charge in [0, 0.05) is 11.4 Å². The molecule has 3 nitrogen and oxygen atoms in total. The monoisotopic (exact) mass is 337 g/mol. The summed E-state index contributed by atoms with van der Waals surface area (Å²) in [4.78, 5) is 17.2. The van der Waals surface area contributed by atoms with Crippen molar-refractivity contribution in [3.05, 3.63) is 81.4 Å². The SMILES string of the molecule is O=C(c1cc2c(s1)CCC2)N(Cc1ccccc1)Cc1ccco1. The van der Waals surface area contributed by atoms with Gasteiger partial charge in [-0.3, -0.25) is 4.79 Å². The summed E-state index contributed by atoms with van der Waals surface area (Å²) in [6.45, 7) is 1.08. The van der Waals surface area contributed by atoms with E-state index in [-0.39, 0.29) is 5.91 Å². The van der Waals surface area contributed by atoms with Gasteiger partial charge in [-0.25, -0.2) is 0 Å². The number of thiophene rings is 1. The molecule has 24 heavy (non-hydrogen) atoms. The van der Waals surface area contributed by atoms with E-state index in [4.69, 9.17) is 4.42 Å². The first kappa shape index (κ1) is 15.2. The lowest BCUT2D eigenvalue weighted by Crippen LogP contribution is -2.29. The maximum Gasteiger partial charge on any atom is 0.264 e. The normalized spacial score (nSPS) is 13.0. The van der Waals surface area contributed by atoms with Gasteiger partial charge in [0.15, 0.2) is 0 Å². The van der Waals surface area contributed by atoms with Gasteiger partial charge in [-0.1, -0.05) is 30.3 Å². The molecule has 0 radical (unpaired) electrons. The number of carbonyl (C=O) groups is 1. The van der Waals surface area contributed by atoms with Crippen molar-refractivity contribution in [2.45, 2.75) is 32.4 Å². The molecule has 0 fully saturated rings. The molecule has 0 aliphatic heterocycles. The molecule has 1 aliphatic rings. The van der Waals surface area contributed by atoms with E-state index in [1.54, 1.807) is 17.6 Å². The second-order valence-corrected chi connectivity index (χ2v) is 7.28. The van der Waals surface area contributed by atoms with Crippen LogP contribution in [0.3, 0.4) is 0 Å². The Hall–Kier alpha value is -2.33. The third-order valence-corrected chi connectivity index (χ3v) is 5.61. The maximum atomic E-state index is 13.1. The topological polar surface area (TPSA) is 33.5 Å². The molecule has 0 atom stereocenters. The van der Waals surface area contributed by atoms with E-state index in [9.17, 15) is 4.79 Å². The Morgan fingerprint density at radius 2 is 1.96 bits per heavy atom. The quantitative estimate of drug-likeness (QED) is 0.678. The minimum atomic E-state index is 0.0923. The van der Waals surface area contributed by atoms with E-state index in [0.29, 0.717) is 13.1 Å². The lowest BCUT2D eigenvalue weighted by molar-refractivity contribution is 0.0722. The van der Waals surface area contributed by atoms with Gasteiger partial charge in [0.25, 0.3) is 5.91 Å². The molecule has 2 aromatic heterocycles. The molecule has 0 spiro atoms. The van der Waals surface area contributed by atoms with Crippen molar-refractivity contribution >= 4 is 17.2 Å². The average Bonchev–Trinajstić information content (AvgIpc) is 3.31. The lowest BCUT2D eigenvalue weighted by Gasteiger charge is -2.21. The molecular formula is C20H19NO2S. The second kappa shape index (κ2) is 6.65. The van der Waals surface area contributed by atoms with Gasteiger partial charge in [0.1, 0.15) is 5.76 Å². The summed E-state index contributed by atoms with van der Waals surface area (Å²) in [6.07, 6.45) is 5.09. The molecule has 0 saturated heterocycles. The highest BCUT2D eigenvalue weighted by Gasteiger charge is 2.23. The van der Waals surface area contributed by atoms with E-state index >= 15 is 0 Å². The van der Waals surface area contributed by atoms with Gasteiger partial charge in [-0.05, 0) is 48.6 Å². The highest BCUT2D eigenvalue weighted by atomic mass is 32.1. The smallest absolute Gasteiger partial charge is 0.264 e. The molecule has 4 rings (SSSR count). The molecule has 0 N–H and O–H groups in total. The van der Waals surface area contributed by atoms with Gasteiger partial charge in [-0.15, -0.1) is 11.3 Å². The van der Waals surface area contributed by atoms with Crippen molar-refractivity contribution in [1.29, 1.82) is 0 Å². The largest absolute Gasteiger partial charge is 0.467 e. The van der Waals surface area contributed by atoms with Crippen molar-refractivity contribution in [1.82, 2.24) is 4.90 Å². The fraction of sp³-hybridized carbons (Fsp3) is 0.250. The van der Waals surface area contributed by atoms with E-state index in [2.05, 4.69) is 18.2 Å². The molecule has 0 bridgehead atoms. The molecule has 122 valence electrons. The van der Waals surface area contributed by atoms with Crippen LogP contribution in [0.25, 0.3) is 0 Å².